The van der Waals surface area contributed by atoms with E-state index in [0.29, 0.717) is 6.54 Å². The molecular weight excluding hydrogens is 262 g/mol. The Morgan fingerprint density at radius 1 is 1.10 bits per heavy atom. The fourth-order valence-electron chi connectivity index (χ4n) is 2.15. The zero-order valence-electron chi connectivity index (χ0n) is 12.4. The summed E-state index contributed by atoms with van der Waals surface area (Å²) < 4.78 is 0. The van der Waals surface area contributed by atoms with E-state index in [4.69, 9.17) is 5.73 Å². The molecule has 21 heavy (non-hydrogen) atoms. The molecule has 4 heteroatoms. The summed E-state index contributed by atoms with van der Waals surface area (Å²) in [7, 11) is 0. The fraction of sp³-hybridized carbons (Fsp3) is 0.235. The van der Waals surface area contributed by atoms with Crippen LogP contribution in [-0.2, 0) is 6.54 Å². The van der Waals surface area contributed by atoms with Gasteiger partial charge in [-0.15, -0.1) is 0 Å². The molecule has 0 spiro atoms. The molecule has 4 nitrogen and oxygen atoms in total. The number of nitrogens with one attached hydrogen (secondary N) is 1. The smallest absolute Gasteiger partial charge is 0.326 e. The summed E-state index contributed by atoms with van der Waals surface area (Å²) >= 11 is 0. The molecule has 0 atom stereocenters. The number of carbonyl (C=O) groups excluding carboxylic acids is 1. The fourth-order valence-corrected chi connectivity index (χ4v) is 2.15. The molecule has 0 aliphatic heterocycles. The van der Waals surface area contributed by atoms with Crippen LogP contribution >= 0.6 is 0 Å². The molecule has 0 saturated heterocycles. The second kappa shape index (κ2) is 6.90. The number of amides is 2. The van der Waals surface area contributed by atoms with Gasteiger partial charge in [0.05, 0.1) is 0 Å². The number of benzene rings is 2. The molecule has 2 aromatic carbocycles. The van der Waals surface area contributed by atoms with Gasteiger partial charge in [0.1, 0.15) is 0 Å². The summed E-state index contributed by atoms with van der Waals surface area (Å²) in [6.07, 6.45) is 0. The zero-order chi connectivity index (χ0) is 15.2. The number of anilines is 2. The maximum absolute atomic E-state index is 12.5. The standard InChI is InChI=1S/C17H21N3O/c1-13(2)20(16-10-8-14(12-18)9-11-16)17(21)19-15-6-4-3-5-7-15/h3-11,13H,12,18H2,1-2H3,(H,19,21). The Bertz CT molecular complexity index is 579. The predicted molar refractivity (Wildman–Crippen MR) is 87.4 cm³/mol. The average Bonchev–Trinajstić information content (AvgIpc) is 2.49. The summed E-state index contributed by atoms with van der Waals surface area (Å²) in [5.41, 5.74) is 8.29. The van der Waals surface area contributed by atoms with Gasteiger partial charge >= 0.3 is 6.03 Å². The van der Waals surface area contributed by atoms with E-state index < -0.39 is 0 Å². The quantitative estimate of drug-likeness (QED) is 0.900. The van der Waals surface area contributed by atoms with Crippen molar-refractivity contribution in [3.8, 4) is 0 Å². The normalized spacial score (nSPS) is 10.5. The second-order valence-corrected chi connectivity index (χ2v) is 5.13. The van der Waals surface area contributed by atoms with Gasteiger partial charge < -0.3 is 11.1 Å². The Labute approximate surface area is 125 Å². The average molecular weight is 283 g/mol. The van der Waals surface area contributed by atoms with Crippen LogP contribution in [0.4, 0.5) is 16.2 Å². The van der Waals surface area contributed by atoms with E-state index in [-0.39, 0.29) is 12.1 Å². The molecule has 2 amide bonds. The topological polar surface area (TPSA) is 58.4 Å². The third-order valence-electron chi connectivity index (χ3n) is 3.21. The number of rotatable bonds is 4. The van der Waals surface area contributed by atoms with Crippen molar-refractivity contribution in [2.24, 2.45) is 5.73 Å². The van der Waals surface area contributed by atoms with Crippen molar-refractivity contribution < 1.29 is 4.79 Å². The molecule has 0 unspecified atom stereocenters. The Morgan fingerprint density at radius 2 is 1.71 bits per heavy atom. The van der Waals surface area contributed by atoms with Crippen LogP contribution in [0.25, 0.3) is 0 Å². The van der Waals surface area contributed by atoms with E-state index in [2.05, 4.69) is 5.32 Å². The minimum absolute atomic E-state index is 0.0532. The summed E-state index contributed by atoms with van der Waals surface area (Å²) in [5.74, 6) is 0. The van der Waals surface area contributed by atoms with Gasteiger partial charge in [0.25, 0.3) is 0 Å². The number of carbonyl (C=O) groups is 1. The molecule has 0 aliphatic carbocycles. The number of hydrogen-bond donors (Lipinski definition) is 2. The molecule has 2 aromatic rings. The number of para-hydroxylation sites is 1. The van der Waals surface area contributed by atoms with Gasteiger partial charge in [0.15, 0.2) is 0 Å². The van der Waals surface area contributed by atoms with Gasteiger partial charge in [-0.3, -0.25) is 4.90 Å². The van der Waals surface area contributed by atoms with Crippen molar-refractivity contribution in [3.05, 3.63) is 60.2 Å². The van der Waals surface area contributed by atoms with Crippen LogP contribution in [0.15, 0.2) is 54.6 Å². The molecule has 0 saturated carbocycles. The van der Waals surface area contributed by atoms with Gasteiger partial charge in [0.2, 0.25) is 0 Å². The maximum Gasteiger partial charge on any atom is 0.326 e. The molecule has 2 rings (SSSR count). The van der Waals surface area contributed by atoms with E-state index in [9.17, 15) is 4.79 Å². The Morgan fingerprint density at radius 3 is 2.24 bits per heavy atom. The molecule has 0 aliphatic rings. The highest BCUT2D eigenvalue weighted by Gasteiger charge is 2.19. The van der Waals surface area contributed by atoms with E-state index in [1.165, 1.54) is 0 Å². The summed E-state index contributed by atoms with van der Waals surface area (Å²) in [4.78, 5) is 14.2. The summed E-state index contributed by atoms with van der Waals surface area (Å²) in [6, 6.07) is 17.1. The van der Waals surface area contributed by atoms with E-state index >= 15 is 0 Å². The Balaban J connectivity index is 2.19. The molecule has 0 fully saturated rings. The van der Waals surface area contributed by atoms with Crippen molar-refractivity contribution >= 4 is 17.4 Å². The first-order valence-electron chi connectivity index (χ1n) is 7.06. The highest BCUT2D eigenvalue weighted by atomic mass is 16.2. The second-order valence-electron chi connectivity index (χ2n) is 5.13. The third-order valence-corrected chi connectivity index (χ3v) is 3.21. The van der Waals surface area contributed by atoms with Crippen molar-refractivity contribution in [2.45, 2.75) is 26.4 Å². The Hall–Kier alpha value is -2.33. The lowest BCUT2D eigenvalue weighted by atomic mass is 10.2. The monoisotopic (exact) mass is 283 g/mol. The number of urea groups is 1. The zero-order valence-corrected chi connectivity index (χ0v) is 12.4. The predicted octanol–water partition coefficient (Wildman–Crippen LogP) is 3.59. The highest BCUT2D eigenvalue weighted by Crippen LogP contribution is 2.19. The molecule has 3 N–H and O–H groups in total. The summed E-state index contributed by atoms with van der Waals surface area (Å²) in [5, 5.41) is 2.91. The molecule has 0 heterocycles. The van der Waals surface area contributed by atoms with Gasteiger partial charge in [-0.2, -0.15) is 0 Å². The SMILES string of the molecule is CC(C)N(C(=O)Nc1ccccc1)c1ccc(CN)cc1. The molecule has 110 valence electrons. The van der Waals surface area contributed by atoms with Gasteiger partial charge in [0, 0.05) is 24.0 Å². The first kappa shape index (κ1) is 15.1. The molecule has 0 bridgehead atoms. The summed E-state index contributed by atoms with van der Waals surface area (Å²) in [6.45, 7) is 4.47. The Kier molecular flexibility index (Phi) is 4.95. The van der Waals surface area contributed by atoms with Gasteiger partial charge in [-0.05, 0) is 43.7 Å². The highest BCUT2D eigenvalue weighted by molar-refractivity contribution is 6.02. The third kappa shape index (κ3) is 3.83. The first-order chi connectivity index (χ1) is 10.1. The lowest BCUT2D eigenvalue weighted by Gasteiger charge is -2.27. The van der Waals surface area contributed by atoms with Crippen molar-refractivity contribution in [3.63, 3.8) is 0 Å². The van der Waals surface area contributed by atoms with Crippen LogP contribution in [0.2, 0.25) is 0 Å². The van der Waals surface area contributed by atoms with Gasteiger partial charge in [-0.25, -0.2) is 4.79 Å². The number of nitrogens with two attached hydrogens (primary N) is 1. The van der Waals surface area contributed by atoms with Gasteiger partial charge in [-0.1, -0.05) is 30.3 Å². The molecule has 0 aromatic heterocycles. The van der Waals surface area contributed by atoms with Crippen LogP contribution in [0, 0.1) is 0 Å². The molecular formula is C17H21N3O. The minimum atomic E-state index is -0.142. The minimum Gasteiger partial charge on any atom is -0.326 e. The first-order valence-corrected chi connectivity index (χ1v) is 7.06. The lowest BCUT2D eigenvalue weighted by molar-refractivity contribution is 0.255. The molecule has 0 radical (unpaired) electrons. The number of hydrogen-bond acceptors (Lipinski definition) is 2. The van der Waals surface area contributed by atoms with Crippen LogP contribution in [0.5, 0.6) is 0 Å². The van der Waals surface area contributed by atoms with Crippen molar-refractivity contribution in [1.82, 2.24) is 0 Å². The van der Waals surface area contributed by atoms with Crippen LogP contribution in [-0.4, -0.2) is 12.1 Å². The van der Waals surface area contributed by atoms with Crippen molar-refractivity contribution in [2.75, 3.05) is 10.2 Å². The maximum atomic E-state index is 12.5. The lowest BCUT2D eigenvalue weighted by Crippen LogP contribution is -2.40. The van der Waals surface area contributed by atoms with Crippen molar-refractivity contribution in [1.29, 1.82) is 0 Å². The van der Waals surface area contributed by atoms with E-state index in [0.717, 1.165) is 16.9 Å². The van der Waals surface area contributed by atoms with E-state index in [1.54, 1.807) is 4.90 Å². The number of nitrogens with zero attached hydrogens (tertiary/aromatic N) is 1. The largest absolute Gasteiger partial charge is 0.326 e. The van der Waals surface area contributed by atoms with Crippen LogP contribution in [0.1, 0.15) is 19.4 Å². The van der Waals surface area contributed by atoms with Crippen LogP contribution in [0.3, 0.4) is 0 Å². The van der Waals surface area contributed by atoms with Crippen LogP contribution < -0.4 is 16.0 Å². The van der Waals surface area contributed by atoms with E-state index in [1.807, 2.05) is 68.4 Å².